The number of thiazole rings is 1. The molecule has 0 aliphatic carbocycles. The minimum atomic E-state index is -0.214. The molecule has 3 heterocycles. The minimum Gasteiger partial charge on any atom is -0.298 e. The SMILES string of the molecule is Cc1nc(NC(=O)c2ccc(-c3ccccn3)nc2)sc1C. The molecule has 0 fully saturated rings. The smallest absolute Gasteiger partial charge is 0.259 e. The number of hydrogen-bond acceptors (Lipinski definition) is 5. The maximum absolute atomic E-state index is 12.2. The van der Waals surface area contributed by atoms with Gasteiger partial charge in [-0.3, -0.25) is 20.1 Å². The molecule has 0 radical (unpaired) electrons. The molecule has 110 valence electrons. The molecular weight excluding hydrogens is 296 g/mol. The Morgan fingerprint density at radius 3 is 2.50 bits per heavy atom. The summed E-state index contributed by atoms with van der Waals surface area (Å²) >= 11 is 1.46. The highest BCUT2D eigenvalue weighted by Crippen LogP contribution is 2.22. The standard InChI is InChI=1S/C16H14N4OS/c1-10-11(2)22-16(19-10)20-15(21)12-6-7-14(18-9-12)13-5-3-4-8-17-13/h3-9H,1-2H3,(H,19,20,21). The second-order valence-electron chi connectivity index (χ2n) is 4.76. The van der Waals surface area contributed by atoms with Crippen molar-refractivity contribution in [2.75, 3.05) is 5.32 Å². The second kappa shape index (κ2) is 6.03. The molecule has 1 N–H and O–H groups in total. The quantitative estimate of drug-likeness (QED) is 0.804. The number of rotatable bonds is 3. The summed E-state index contributed by atoms with van der Waals surface area (Å²) in [4.78, 5) is 26.1. The van der Waals surface area contributed by atoms with E-state index in [0.717, 1.165) is 22.0 Å². The van der Waals surface area contributed by atoms with E-state index in [2.05, 4.69) is 20.3 Å². The van der Waals surface area contributed by atoms with E-state index in [9.17, 15) is 4.79 Å². The van der Waals surface area contributed by atoms with Crippen molar-refractivity contribution in [1.29, 1.82) is 0 Å². The number of aromatic nitrogens is 3. The largest absolute Gasteiger partial charge is 0.298 e. The van der Waals surface area contributed by atoms with Crippen LogP contribution in [0.3, 0.4) is 0 Å². The number of nitrogens with zero attached hydrogens (tertiary/aromatic N) is 3. The predicted octanol–water partition coefficient (Wildman–Crippen LogP) is 3.47. The van der Waals surface area contributed by atoms with Crippen molar-refractivity contribution in [3.8, 4) is 11.4 Å². The lowest BCUT2D eigenvalue weighted by atomic mass is 10.2. The second-order valence-corrected chi connectivity index (χ2v) is 5.97. The van der Waals surface area contributed by atoms with E-state index >= 15 is 0 Å². The average molecular weight is 310 g/mol. The lowest BCUT2D eigenvalue weighted by Crippen LogP contribution is -2.12. The Kier molecular flexibility index (Phi) is 3.93. The van der Waals surface area contributed by atoms with Crippen LogP contribution in [-0.4, -0.2) is 20.9 Å². The van der Waals surface area contributed by atoms with Crippen LogP contribution in [0.5, 0.6) is 0 Å². The molecule has 3 aromatic heterocycles. The van der Waals surface area contributed by atoms with Crippen molar-refractivity contribution in [2.45, 2.75) is 13.8 Å². The number of hydrogen-bond donors (Lipinski definition) is 1. The number of carbonyl (C=O) groups excluding carboxylic acids is 1. The molecule has 3 rings (SSSR count). The van der Waals surface area contributed by atoms with Gasteiger partial charge in [0.05, 0.1) is 22.6 Å². The van der Waals surface area contributed by atoms with Gasteiger partial charge in [-0.05, 0) is 38.1 Å². The van der Waals surface area contributed by atoms with Gasteiger partial charge >= 0.3 is 0 Å². The summed E-state index contributed by atoms with van der Waals surface area (Å²) in [6, 6.07) is 9.15. The average Bonchev–Trinajstić information content (AvgIpc) is 2.86. The summed E-state index contributed by atoms with van der Waals surface area (Å²) in [7, 11) is 0. The lowest BCUT2D eigenvalue weighted by molar-refractivity contribution is 0.102. The molecule has 0 aliphatic heterocycles. The Morgan fingerprint density at radius 1 is 1.09 bits per heavy atom. The molecule has 5 nitrogen and oxygen atoms in total. The Morgan fingerprint density at radius 2 is 1.91 bits per heavy atom. The van der Waals surface area contributed by atoms with Crippen LogP contribution in [0.1, 0.15) is 20.9 Å². The summed E-state index contributed by atoms with van der Waals surface area (Å²) in [6.45, 7) is 3.90. The van der Waals surface area contributed by atoms with Gasteiger partial charge in [0, 0.05) is 17.3 Å². The van der Waals surface area contributed by atoms with E-state index in [0.29, 0.717) is 10.7 Å². The first kappa shape index (κ1) is 14.3. The van der Waals surface area contributed by atoms with Gasteiger partial charge in [0.2, 0.25) is 0 Å². The molecule has 0 spiro atoms. The first-order valence-corrected chi connectivity index (χ1v) is 7.58. The van der Waals surface area contributed by atoms with Crippen LogP contribution < -0.4 is 5.32 Å². The normalized spacial score (nSPS) is 10.5. The highest BCUT2D eigenvalue weighted by Gasteiger charge is 2.11. The number of aryl methyl sites for hydroxylation is 2. The highest BCUT2D eigenvalue weighted by molar-refractivity contribution is 7.15. The summed E-state index contributed by atoms with van der Waals surface area (Å²) < 4.78 is 0. The zero-order chi connectivity index (χ0) is 15.5. The summed E-state index contributed by atoms with van der Waals surface area (Å²) in [5.41, 5.74) is 2.94. The minimum absolute atomic E-state index is 0.214. The Hall–Kier alpha value is -2.60. The van der Waals surface area contributed by atoms with Crippen LogP contribution in [0, 0.1) is 13.8 Å². The van der Waals surface area contributed by atoms with Crippen LogP contribution in [0.2, 0.25) is 0 Å². The van der Waals surface area contributed by atoms with E-state index in [1.165, 1.54) is 11.3 Å². The first-order chi connectivity index (χ1) is 10.6. The topological polar surface area (TPSA) is 67.8 Å². The lowest BCUT2D eigenvalue weighted by Gasteiger charge is -2.03. The van der Waals surface area contributed by atoms with Crippen LogP contribution in [0.4, 0.5) is 5.13 Å². The molecule has 0 aliphatic rings. The van der Waals surface area contributed by atoms with E-state index in [4.69, 9.17) is 0 Å². The third kappa shape index (κ3) is 3.01. The van der Waals surface area contributed by atoms with Crippen molar-refractivity contribution in [3.63, 3.8) is 0 Å². The van der Waals surface area contributed by atoms with Gasteiger partial charge in [-0.2, -0.15) is 0 Å². The highest BCUT2D eigenvalue weighted by atomic mass is 32.1. The summed E-state index contributed by atoms with van der Waals surface area (Å²) in [5.74, 6) is -0.214. The van der Waals surface area contributed by atoms with E-state index in [1.54, 1.807) is 24.5 Å². The third-order valence-electron chi connectivity index (χ3n) is 3.20. The molecule has 0 bridgehead atoms. The van der Waals surface area contributed by atoms with E-state index < -0.39 is 0 Å². The fraction of sp³-hybridized carbons (Fsp3) is 0.125. The Bertz CT molecular complexity index is 777. The summed E-state index contributed by atoms with van der Waals surface area (Å²) in [6.07, 6.45) is 3.26. The molecule has 0 atom stereocenters. The maximum Gasteiger partial charge on any atom is 0.259 e. The van der Waals surface area contributed by atoms with Crippen molar-refractivity contribution in [2.24, 2.45) is 0 Å². The number of amides is 1. The predicted molar refractivity (Wildman–Crippen MR) is 87.0 cm³/mol. The molecule has 1 amide bonds. The van der Waals surface area contributed by atoms with Gasteiger partial charge in [-0.15, -0.1) is 11.3 Å². The van der Waals surface area contributed by atoms with Crippen LogP contribution in [0.25, 0.3) is 11.4 Å². The van der Waals surface area contributed by atoms with Gasteiger partial charge in [-0.25, -0.2) is 4.98 Å². The fourth-order valence-corrected chi connectivity index (χ4v) is 2.70. The van der Waals surface area contributed by atoms with Crippen molar-refractivity contribution in [3.05, 3.63) is 58.9 Å². The zero-order valence-corrected chi connectivity index (χ0v) is 13.0. The van der Waals surface area contributed by atoms with Gasteiger partial charge in [0.25, 0.3) is 5.91 Å². The van der Waals surface area contributed by atoms with Gasteiger partial charge < -0.3 is 0 Å². The first-order valence-electron chi connectivity index (χ1n) is 6.76. The Labute approximate surface area is 132 Å². The molecule has 0 saturated carbocycles. The molecule has 0 unspecified atom stereocenters. The van der Waals surface area contributed by atoms with Crippen molar-refractivity contribution in [1.82, 2.24) is 15.0 Å². The number of carbonyl (C=O) groups is 1. The molecule has 3 aromatic rings. The van der Waals surface area contributed by atoms with Crippen molar-refractivity contribution < 1.29 is 4.79 Å². The zero-order valence-electron chi connectivity index (χ0n) is 12.2. The van der Waals surface area contributed by atoms with Gasteiger partial charge in [0.15, 0.2) is 5.13 Å². The van der Waals surface area contributed by atoms with Crippen LogP contribution in [0.15, 0.2) is 42.7 Å². The van der Waals surface area contributed by atoms with Crippen LogP contribution >= 0.6 is 11.3 Å². The monoisotopic (exact) mass is 310 g/mol. The fourth-order valence-electron chi connectivity index (χ4n) is 1.89. The van der Waals surface area contributed by atoms with Gasteiger partial charge in [-0.1, -0.05) is 6.07 Å². The maximum atomic E-state index is 12.2. The van der Waals surface area contributed by atoms with Crippen LogP contribution in [-0.2, 0) is 0 Å². The van der Waals surface area contributed by atoms with E-state index in [-0.39, 0.29) is 5.91 Å². The molecular formula is C16H14N4OS. The number of pyridine rings is 2. The molecule has 22 heavy (non-hydrogen) atoms. The Balaban J connectivity index is 1.76. The molecule has 6 heteroatoms. The van der Waals surface area contributed by atoms with E-state index in [1.807, 2.05) is 32.0 Å². The molecule has 0 saturated heterocycles. The summed E-state index contributed by atoms with van der Waals surface area (Å²) in [5, 5.41) is 3.40. The van der Waals surface area contributed by atoms with Crippen molar-refractivity contribution >= 4 is 22.4 Å². The number of anilines is 1. The number of nitrogens with one attached hydrogen (secondary N) is 1. The molecule has 0 aromatic carbocycles. The van der Waals surface area contributed by atoms with Gasteiger partial charge in [0.1, 0.15) is 0 Å². The third-order valence-corrected chi connectivity index (χ3v) is 4.19.